The molecule has 2 heterocycles. The maximum Gasteiger partial charge on any atom is 0.348 e. The van der Waals surface area contributed by atoms with Crippen LogP contribution in [-0.4, -0.2) is 48.6 Å². The fourth-order valence-electron chi connectivity index (χ4n) is 3.08. The van der Waals surface area contributed by atoms with Gasteiger partial charge in [-0.2, -0.15) is 0 Å². The molecule has 5 nitrogen and oxygen atoms in total. The van der Waals surface area contributed by atoms with Gasteiger partial charge in [-0.25, -0.2) is 4.79 Å². The Morgan fingerprint density at radius 3 is 2.54 bits per heavy atom. The third-order valence-corrected chi connectivity index (χ3v) is 5.60. The molecule has 2 aromatic rings. The highest BCUT2D eigenvalue weighted by molar-refractivity contribution is 7.18. The molecule has 1 fully saturated rings. The lowest BCUT2D eigenvalue weighted by molar-refractivity contribution is -0.108. The summed E-state index contributed by atoms with van der Waals surface area (Å²) >= 11 is 1.22. The summed E-state index contributed by atoms with van der Waals surface area (Å²) in [5, 5.41) is 9.57. The van der Waals surface area contributed by atoms with E-state index in [1.165, 1.54) is 11.3 Å². The first-order valence-electron chi connectivity index (χ1n) is 7.95. The molecule has 1 amide bonds. The average Bonchev–Trinajstić information content (AvgIpc) is 3.03. The van der Waals surface area contributed by atoms with Crippen molar-refractivity contribution in [1.29, 1.82) is 0 Å². The van der Waals surface area contributed by atoms with Crippen molar-refractivity contribution in [2.75, 3.05) is 25.0 Å². The maximum atomic E-state index is 11.7. The Morgan fingerprint density at radius 2 is 1.96 bits per heavy atom. The molecule has 1 aromatic heterocycles. The van der Waals surface area contributed by atoms with Crippen molar-refractivity contribution in [3.63, 3.8) is 0 Å². The van der Waals surface area contributed by atoms with Crippen LogP contribution in [0.4, 0.5) is 5.69 Å². The molecule has 0 bridgehead atoms. The van der Waals surface area contributed by atoms with Crippen LogP contribution in [0.1, 0.15) is 22.5 Å². The van der Waals surface area contributed by atoms with Crippen molar-refractivity contribution in [2.45, 2.75) is 18.9 Å². The number of likely N-dealkylation sites (tertiary alicyclic amines) is 1. The van der Waals surface area contributed by atoms with Crippen LogP contribution in [0.5, 0.6) is 0 Å². The highest BCUT2D eigenvalue weighted by Gasteiger charge is 2.28. The van der Waals surface area contributed by atoms with Crippen LogP contribution >= 0.6 is 11.3 Å². The molecule has 3 rings (SSSR count). The van der Waals surface area contributed by atoms with Crippen molar-refractivity contribution in [3.8, 4) is 10.4 Å². The van der Waals surface area contributed by atoms with Gasteiger partial charge in [0.25, 0.3) is 0 Å². The molecular weight excluding hydrogens is 324 g/mol. The van der Waals surface area contributed by atoms with E-state index in [0.29, 0.717) is 5.69 Å². The smallest absolute Gasteiger partial charge is 0.348 e. The number of rotatable bonds is 5. The third kappa shape index (κ3) is 3.34. The molecule has 1 saturated heterocycles. The number of piperidine rings is 1. The highest BCUT2D eigenvalue weighted by atomic mass is 32.1. The van der Waals surface area contributed by atoms with Crippen LogP contribution in [0.25, 0.3) is 10.4 Å². The van der Waals surface area contributed by atoms with Gasteiger partial charge in [0, 0.05) is 10.9 Å². The van der Waals surface area contributed by atoms with E-state index in [0.717, 1.165) is 42.8 Å². The second-order valence-electron chi connectivity index (χ2n) is 6.04. The topological polar surface area (TPSA) is 60.9 Å². The van der Waals surface area contributed by atoms with Gasteiger partial charge in [-0.3, -0.25) is 4.79 Å². The minimum absolute atomic E-state index is 0.0509. The van der Waals surface area contributed by atoms with Gasteiger partial charge in [-0.15, -0.1) is 11.3 Å². The van der Waals surface area contributed by atoms with E-state index in [1.807, 2.05) is 36.4 Å². The lowest BCUT2D eigenvalue weighted by atomic mass is 10.0. The Hall–Kier alpha value is -2.18. The average molecular weight is 344 g/mol. The van der Waals surface area contributed by atoms with Crippen LogP contribution in [0, 0.1) is 0 Å². The molecular formula is C18H20N2O3S. The number of nitrogens with zero attached hydrogens (tertiary/aromatic N) is 2. The summed E-state index contributed by atoms with van der Waals surface area (Å²) in [4.78, 5) is 28.3. The predicted octanol–water partition coefficient (Wildman–Crippen LogP) is 3.17. The van der Waals surface area contributed by atoms with Crippen LogP contribution in [0.2, 0.25) is 0 Å². The maximum absolute atomic E-state index is 11.7. The van der Waals surface area contributed by atoms with Crippen LogP contribution in [0.15, 0.2) is 36.4 Å². The van der Waals surface area contributed by atoms with E-state index in [-0.39, 0.29) is 10.9 Å². The monoisotopic (exact) mass is 344 g/mol. The van der Waals surface area contributed by atoms with E-state index in [9.17, 15) is 14.7 Å². The van der Waals surface area contributed by atoms with E-state index in [4.69, 9.17) is 0 Å². The Labute approximate surface area is 145 Å². The second-order valence-corrected chi connectivity index (χ2v) is 7.10. The molecule has 0 spiro atoms. The molecule has 0 unspecified atom stereocenters. The number of hydrogen-bond acceptors (Lipinski definition) is 4. The standard InChI is InChI=1S/C18H20N2O3S/c1-19-9-7-14(8-10-19)20(12-21)15-11-16(24-17(15)18(22)23)13-5-3-2-4-6-13/h2-6,11-12,14H,7-10H2,1H3,(H,22,23). The lowest BCUT2D eigenvalue weighted by Gasteiger charge is -2.35. The van der Waals surface area contributed by atoms with Crippen LogP contribution < -0.4 is 4.90 Å². The normalized spacial score (nSPS) is 16.0. The summed E-state index contributed by atoms with van der Waals surface area (Å²) in [5.74, 6) is -0.989. The van der Waals surface area contributed by atoms with E-state index in [2.05, 4.69) is 11.9 Å². The SMILES string of the molecule is CN1CCC(N(C=O)c2cc(-c3ccccc3)sc2C(=O)O)CC1. The van der Waals surface area contributed by atoms with Crippen molar-refractivity contribution in [1.82, 2.24) is 4.90 Å². The van der Waals surface area contributed by atoms with Gasteiger partial charge in [-0.05, 0) is 44.6 Å². The zero-order chi connectivity index (χ0) is 17.1. The summed E-state index contributed by atoms with van der Waals surface area (Å²) in [5.41, 5.74) is 1.47. The Bertz CT molecular complexity index is 721. The number of carboxylic acids is 1. The summed E-state index contributed by atoms with van der Waals surface area (Å²) in [6.45, 7) is 1.82. The van der Waals surface area contributed by atoms with Crippen molar-refractivity contribution in [2.24, 2.45) is 0 Å². The van der Waals surface area contributed by atoms with Gasteiger partial charge in [0.1, 0.15) is 4.88 Å². The Kier molecular flexibility index (Phi) is 4.97. The number of amides is 1. The van der Waals surface area contributed by atoms with Gasteiger partial charge in [0.2, 0.25) is 6.41 Å². The minimum atomic E-state index is -0.989. The van der Waals surface area contributed by atoms with Crippen molar-refractivity contribution in [3.05, 3.63) is 41.3 Å². The number of aromatic carboxylic acids is 1. The molecule has 0 atom stereocenters. The van der Waals surface area contributed by atoms with Crippen molar-refractivity contribution >= 4 is 29.4 Å². The fourth-order valence-corrected chi connectivity index (χ4v) is 4.08. The lowest BCUT2D eigenvalue weighted by Crippen LogP contribution is -2.43. The summed E-state index contributed by atoms with van der Waals surface area (Å²) < 4.78 is 0. The first kappa shape index (κ1) is 16.7. The first-order valence-corrected chi connectivity index (χ1v) is 8.76. The van der Waals surface area contributed by atoms with Gasteiger partial charge < -0.3 is 14.9 Å². The molecule has 24 heavy (non-hydrogen) atoms. The van der Waals surface area contributed by atoms with Crippen LogP contribution in [-0.2, 0) is 4.79 Å². The first-order chi connectivity index (χ1) is 11.6. The van der Waals surface area contributed by atoms with E-state index in [1.54, 1.807) is 4.90 Å². The summed E-state index contributed by atoms with van der Waals surface area (Å²) in [6, 6.07) is 11.5. The second kappa shape index (κ2) is 7.15. The molecule has 1 aliphatic rings. The van der Waals surface area contributed by atoms with Crippen LogP contribution in [0.3, 0.4) is 0 Å². The molecule has 0 saturated carbocycles. The molecule has 6 heteroatoms. The number of carbonyl (C=O) groups excluding carboxylic acids is 1. The predicted molar refractivity (Wildman–Crippen MR) is 95.8 cm³/mol. The van der Waals surface area contributed by atoms with E-state index < -0.39 is 5.97 Å². The summed E-state index contributed by atoms with van der Waals surface area (Å²) in [6.07, 6.45) is 2.48. The quantitative estimate of drug-likeness (QED) is 0.847. The molecule has 0 radical (unpaired) electrons. The summed E-state index contributed by atoms with van der Waals surface area (Å²) in [7, 11) is 2.06. The number of anilines is 1. The van der Waals surface area contributed by atoms with E-state index >= 15 is 0 Å². The number of hydrogen-bond donors (Lipinski definition) is 1. The molecule has 1 N–H and O–H groups in total. The Morgan fingerprint density at radius 1 is 1.29 bits per heavy atom. The number of thiophene rings is 1. The van der Waals surface area contributed by atoms with Gasteiger partial charge in [0.15, 0.2) is 0 Å². The number of carbonyl (C=O) groups is 2. The molecule has 0 aliphatic carbocycles. The number of carboxylic acid groups (broad SMARTS) is 1. The van der Waals surface area contributed by atoms with Gasteiger partial charge in [-0.1, -0.05) is 30.3 Å². The minimum Gasteiger partial charge on any atom is -0.477 e. The highest BCUT2D eigenvalue weighted by Crippen LogP contribution is 2.38. The zero-order valence-electron chi connectivity index (χ0n) is 13.5. The molecule has 126 valence electrons. The Balaban J connectivity index is 1.97. The fraction of sp³-hybridized carbons (Fsp3) is 0.333. The van der Waals surface area contributed by atoms with Crippen molar-refractivity contribution < 1.29 is 14.7 Å². The number of benzene rings is 1. The zero-order valence-corrected chi connectivity index (χ0v) is 14.3. The third-order valence-electron chi connectivity index (χ3n) is 4.44. The largest absolute Gasteiger partial charge is 0.477 e. The van der Waals surface area contributed by atoms with Gasteiger partial charge in [0.05, 0.1) is 5.69 Å². The van der Waals surface area contributed by atoms with Gasteiger partial charge >= 0.3 is 5.97 Å². The molecule has 1 aliphatic heterocycles. The molecule has 1 aromatic carbocycles.